The first-order valence-electron chi connectivity index (χ1n) is 6.81. The van der Waals surface area contributed by atoms with Gasteiger partial charge in [0, 0.05) is 26.2 Å². The molecule has 0 aromatic carbocycles. The van der Waals surface area contributed by atoms with Gasteiger partial charge in [-0.25, -0.2) is 0 Å². The van der Waals surface area contributed by atoms with E-state index < -0.39 is 5.60 Å². The smallest absolute Gasteiger partial charge is 0.188 e. The van der Waals surface area contributed by atoms with Gasteiger partial charge in [-0.05, 0) is 19.8 Å². The van der Waals surface area contributed by atoms with Crippen LogP contribution < -0.4 is 11.1 Å². The Morgan fingerprint density at radius 3 is 2.72 bits per heavy atom. The lowest BCUT2D eigenvalue weighted by Crippen LogP contribution is -2.42. The van der Waals surface area contributed by atoms with Crippen molar-refractivity contribution in [2.75, 3.05) is 20.3 Å². The van der Waals surface area contributed by atoms with E-state index in [1.54, 1.807) is 14.0 Å². The predicted octanol–water partition coefficient (Wildman–Crippen LogP) is 1.01. The van der Waals surface area contributed by atoms with Crippen molar-refractivity contribution in [3.63, 3.8) is 0 Å². The van der Waals surface area contributed by atoms with Gasteiger partial charge in [-0.3, -0.25) is 4.99 Å². The second kappa shape index (κ2) is 7.59. The SMILES string of the molecule is COCCC(C)(O)CN=C(N)NC1CCCCC1. The van der Waals surface area contributed by atoms with E-state index in [2.05, 4.69) is 10.3 Å². The summed E-state index contributed by atoms with van der Waals surface area (Å²) in [5.41, 5.74) is 4.98. The number of nitrogens with zero attached hydrogens (tertiary/aromatic N) is 1. The summed E-state index contributed by atoms with van der Waals surface area (Å²) in [6.07, 6.45) is 6.73. The lowest BCUT2D eigenvalue weighted by atomic mass is 9.96. The molecule has 0 radical (unpaired) electrons. The molecule has 0 heterocycles. The molecule has 18 heavy (non-hydrogen) atoms. The summed E-state index contributed by atoms with van der Waals surface area (Å²) in [4.78, 5) is 4.22. The van der Waals surface area contributed by atoms with Gasteiger partial charge in [0.1, 0.15) is 0 Å². The third kappa shape index (κ3) is 6.21. The normalized spacial score (nSPS) is 21.6. The van der Waals surface area contributed by atoms with E-state index in [1.165, 1.54) is 19.3 Å². The van der Waals surface area contributed by atoms with Gasteiger partial charge >= 0.3 is 0 Å². The van der Waals surface area contributed by atoms with Gasteiger partial charge in [-0.2, -0.15) is 0 Å². The van der Waals surface area contributed by atoms with Crippen molar-refractivity contribution in [2.24, 2.45) is 10.7 Å². The highest BCUT2D eigenvalue weighted by Gasteiger charge is 2.20. The molecule has 1 saturated carbocycles. The monoisotopic (exact) mass is 257 g/mol. The van der Waals surface area contributed by atoms with Crippen LogP contribution in [0, 0.1) is 0 Å². The van der Waals surface area contributed by atoms with Crippen molar-refractivity contribution in [3.05, 3.63) is 0 Å². The molecule has 0 bridgehead atoms. The molecule has 0 aliphatic heterocycles. The molecular weight excluding hydrogens is 230 g/mol. The Hall–Kier alpha value is -0.810. The molecule has 5 nitrogen and oxygen atoms in total. The molecule has 1 aliphatic rings. The van der Waals surface area contributed by atoms with E-state index in [0.717, 1.165) is 12.8 Å². The molecule has 0 amide bonds. The van der Waals surface area contributed by atoms with Gasteiger partial charge in [0.15, 0.2) is 5.96 Å². The van der Waals surface area contributed by atoms with Crippen molar-refractivity contribution < 1.29 is 9.84 Å². The van der Waals surface area contributed by atoms with E-state index in [-0.39, 0.29) is 0 Å². The first-order valence-corrected chi connectivity index (χ1v) is 6.81. The molecule has 1 fully saturated rings. The maximum absolute atomic E-state index is 10.0. The van der Waals surface area contributed by atoms with Gasteiger partial charge in [-0.1, -0.05) is 19.3 Å². The summed E-state index contributed by atoms with van der Waals surface area (Å²) in [6.45, 7) is 2.59. The fourth-order valence-corrected chi connectivity index (χ4v) is 2.16. The number of methoxy groups -OCH3 is 1. The molecule has 1 unspecified atom stereocenters. The van der Waals surface area contributed by atoms with Crippen molar-refractivity contribution >= 4 is 5.96 Å². The van der Waals surface area contributed by atoms with Crippen LogP contribution in [0.15, 0.2) is 4.99 Å². The van der Waals surface area contributed by atoms with Crippen molar-refractivity contribution in [1.29, 1.82) is 0 Å². The van der Waals surface area contributed by atoms with Crippen LogP contribution in [0.1, 0.15) is 45.4 Å². The van der Waals surface area contributed by atoms with Gasteiger partial charge in [0.25, 0.3) is 0 Å². The van der Waals surface area contributed by atoms with E-state index in [0.29, 0.717) is 31.6 Å². The second-order valence-corrected chi connectivity index (χ2v) is 5.42. The summed E-state index contributed by atoms with van der Waals surface area (Å²) in [7, 11) is 1.62. The Morgan fingerprint density at radius 1 is 1.44 bits per heavy atom. The number of rotatable bonds is 6. The largest absolute Gasteiger partial charge is 0.388 e. The molecule has 106 valence electrons. The molecule has 1 atom stereocenters. The molecule has 0 saturated heterocycles. The number of ether oxygens (including phenoxy) is 1. The quantitative estimate of drug-likeness (QED) is 0.490. The zero-order chi connectivity index (χ0) is 13.4. The van der Waals surface area contributed by atoms with Crippen molar-refractivity contribution in [1.82, 2.24) is 5.32 Å². The number of hydrogen-bond acceptors (Lipinski definition) is 3. The van der Waals surface area contributed by atoms with E-state index in [9.17, 15) is 5.11 Å². The molecule has 4 N–H and O–H groups in total. The molecule has 1 aliphatic carbocycles. The molecular formula is C13H27N3O2. The fraction of sp³-hybridized carbons (Fsp3) is 0.923. The fourth-order valence-electron chi connectivity index (χ4n) is 2.16. The maximum atomic E-state index is 10.0. The summed E-state index contributed by atoms with van der Waals surface area (Å²) < 4.78 is 4.95. The average Bonchev–Trinajstić information content (AvgIpc) is 2.36. The van der Waals surface area contributed by atoms with Crippen LogP contribution in [0.5, 0.6) is 0 Å². The number of aliphatic imine (C=N–C) groups is 1. The minimum Gasteiger partial charge on any atom is -0.388 e. The Bertz CT molecular complexity index is 261. The first-order chi connectivity index (χ1) is 8.53. The number of nitrogens with one attached hydrogen (secondary N) is 1. The highest BCUT2D eigenvalue weighted by atomic mass is 16.5. The minimum atomic E-state index is -0.852. The summed E-state index contributed by atoms with van der Waals surface area (Å²) in [6, 6.07) is 0.450. The third-order valence-corrected chi connectivity index (χ3v) is 3.39. The van der Waals surface area contributed by atoms with E-state index in [1.807, 2.05) is 0 Å². The average molecular weight is 257 g/mol. The summed E-state index contributed by atoms with van der Waals surface area (Å²) >= 11 is 0. The highest BCUT2D eigenvalue weighted by molar-refractivity contribution is 5.78. The Morgan fingerprint density at radius 2 is 2.11 bits per heavy atom. The Balaban J connectivity index is 2.31. The van der Waals surface area contributed by atoms with Gasteiger partial charge in [-0.15, -0.1) is 0 Å². The molecule has 0 spiro atoms. The first kappa shape index (κ1) is 15.2. The third-order valence-electron chi connectivity index (χ3n) is 3.39. The van der Waals surface area contributed by atoms with E-state index in [4.69, 9.17) is 10.5 Å². The van der Waals surface area contributed by atoms with Crippen LogP contribution in [0.4, 0.5) is 0 Å². The molecule has 5 heteroatoms. The van der Waals surface area contributed by atoms with Crippen LogP contribution in [0.3, 0.4) is 0 Å². The zero-order valence-electron chi connectivity index (χ0n) is 11.6. The second-order valence-electron chi connectivity index (χ2n) is 5.42. The number of nitrogens with two attached hydrogens (primary N) is 1. The summed E-state index contributed by atoms with van der Waals surface area (Å²) in [5, 5.41) is 13.3. The minimum absolute atomic E-state index is 0.307. The lowest BCUT2D eigenvalue weighted by molar-refractivity contribution is 0.0325. The van der Waals surface area contributed by atoms with Crippen molar-refractivity contribution in [3.8, 4) is 0 Å². The van der Waals surface area contributed by atoms with Gasteiger partial charge in [0.05, 0.1) is 12.1 Å². The van der Waals surface area contributed by atoms with Crippen LogP contribution in [-0.4, -0.2) is 43.0 Å². The van der Waals surface area contributed by atoms with Gasteiger partial charge < -0.3 is 20.9 Å². The maximum Gasteiger partial charge on any atom is 0.188 e. The van der Waals surface area contributed by atoms with Crippen LogP contribution in [0.2, 0.25) is 0 Å². The van der Waals surface area contributed by atoms with E-state index >= 15 is 0 Å². The standard InChI is InChI=1S/C13H27N3O2/c1-13(17,8-9-18-2)10-15-12(14)16-11-6-4-3-5-7-11/h11,17H,3-10H2,1-2H3,(H3,14,15,16). The summed E-state index contributed by atoms with van der Waals surface area (Å²) in [5.74, 6) is 0.444. The van der Waals surface area contributed by atoms with Crippen LogP contribution >= 0.6 is 0 Å². The Labute approximate surface area is 110 Å². The number of guanidine groups is 1. The predicted molar refractivity (Wildman–Crippen MR) is 73.6 cm³/mol. The lowest BCUT2D eigenvalue weighted by Gasteiger charge is -2.24. The molecule has 1 rings (SSSR count). The molecule has 0 aromatic rings. The highest BCUT2D eigenvalue weighted by Crippen LogP contribution is 2.17. The topological polar surface area (TPSA) is 79.9 Å². The zero-order valence-corrected chi connectivity index (χ0v) is 11.6. The number of hydrogen-bond donors (Lipinski definition) is 3. The molecule has 0 aromatic heterocycles. The van der Waals surface area contributed by atoms with Crippen LogP contribution in [-0.2, 0) is 4.74 Å². The van der Waals surface area contributed by atoms with Crippen LogP contribution in [0.25, 0.3) is 0 Å². The number of aliphatic hydroxyl groups is 1. The van der Waals surface area contributed by atoms with Crippen molar-refractivity contribution in [2.45, 2.75) is 57.1 Å². The van der Waals surface area contributed by atoms with Gasteiger partial charge in [0.2, 0.25) is 0 Å². The Kier molecular flexibility index (Phi) is 6.43.